The zero-order chi connectivity index (χ0) is 16.4. The van der Waals surface area contributed by atoms with E-state index in [1.807, 2.05) is 0 Å². The van der Waals surface area contributed by atoms with Crippen LogP contribution in [0.1, 0.15) is 12.0 Å². The second-order valence-corrected chi connectivity index (χ2v) is 8.00. The van der Waals surface area contributed by atoms with Crippen molar-refractivity contribution in [3.05, 3.63) is 22.7 Å². The highest BCUT2D eigenvalue weighted by Gasteiger charge is 2.32. The molecular formula is C14H15ClN2O5S. The molecule has 1 aromatic rings. The van der Waals surface area contributed by atoms with Crippen LogP contribution in [0.2, 0.25) is 5.02 Å². The maximum Gasteiger partial charge on any atom is 0.244 e. The monoisotopic (exact) mass is 358 g/mol. The van der Waals surface area contributed by atoms with Crippen molar-refractivity contribution in [2.24, 2.45) is 11.0 Å². The molecule has 0 aromatic heterocycles. The van der Waals surface area contributed by atoms with Crippen LogP contribution in [0.25, 0.3) is 0 Å². The van der Waals surface area contributed by atoms with Gasteiger partial charge in [-0.15, -0.1) is 0 Å². The molecule has 9 heteroatoms. The van der Waals surface area contributed by atoms with Gasteiger partial charge in [0.2, 0.25) is 5.91 Å². The van der Waals surface area contributed by atoms with Gasteiger partial charge < -0.3 is 9.47 Å². The lowest BCUT2D eigenvalue weighted by atomic mass is 10.1. The quantitative estimate of drug-likeness (QED) is 0.642. The molecule has 0 spiro atoms. The molecule has 7 nitrogen and oxygen atoms in total. The van der Waals surface area contributed by atoms with Gasteiger partial charge in [-0.3, -0.25) is 4.79 Å². The minimum absolute atomic E-state index is 0.0482. The summed E-state index contributed by atoms with van der Waals surface area (Å²) in [6.07, 6.45) is 1.75. The number of carbonyl (C=O) groups is 1. The molecule has 1 aromatic carbocycles. The third-order valence-corrected chi connectivity index (χ3v) is 5.66. The molecule has 2 aliphatic heterocycles. The molecule has 0 unspecified atom stereocenters. The number of hydrazone groups is 1. The number of rotatable bonds is 3. The number of ether oxygens (including phenoxy) is 2. The number of amides is 1. The topological polar surface area (TPSA) is 94.1 Å². The van der Waals surface area contributed by atoms with E-state index in [1.165, 1.54) is 6.21 Å². The summed E-state index contributed by atoms with van der Waals surface area (Å²) in [4.78, 5) is 11.9. The van der Waals surface area contributed by atoms with E-state index in [-0.39, 0.29) is 11.5 Å². The summed E-state index contributed by atoms with van der Waals surface area (Å²) < 4.78 is 33.6. The number of fused-ring (bicyclic) bond motifs is 1. The molecule has 1 atom stereocenters. The predicted molar refractivity (Wildman–Crippen MR) is 84.9 cm³/mol. The molecule has 1 saturated heterocycles. The Hall–Kier alpha value is -1.80. The standard InChI is InChI=1S/C14H15ClN2O5S/c15-11-5-9(6-12-13(11)22-3-2-21-12)7-16-17-14(18)10-1-4-23(19,20)8-10/h5-7,10H,1-4,8H2,(H,17,18)/b16-7-/t10-/m0/s1. The zero-order valence-electron chi connectivity index (χ0n) is 12.1. The Kier molecular flexibility index (Phi) is 4.45. The average molecular weight is 359 g/mol. The van der Waals surface area contributed by atoms with E-state index in [4.69, 9.17) is 21.1 Å². The maximum absolute atomic E-state index is 11.9. The van der Waals surface area contributed by atoms with Gasteiger partial charge in [0.05, 0.1) is 28.7 Å². The Morgan fingerprint density at radius 1 is 1.35 bits per heavy atom. The number of carbonyl (C=O) groups excluding carboxylic acids is 1. The van der Waals surface area contributed by atoms with Crippen LogP contribution in [0.15, 0.2) is 17.2 Å². The van der Waals surface area contributed by atoms with Crippen LogP contribution in [-0.4, -0.2) is 45.3 Å². The fourth-order valence-corrected chi connectivity index (χ4v) is 4.48. The molecular weight excluding hydrogens is 344 g/mol. The molecule has 2 aliphatic rings. The highest BCUT2D eigenvalue weighted by Crippen LogP contribution is 2.37. The lowest BCUT2D eigenvalue weighted by molar-refractivity contribution is -0.124. The molecule has 23 heavy (non-hydrogen) atoms. The van der Waals surface area contributed by atoms with Crippen molar-refractivity contribution in [2.75, 3.05) is 24.7 Å². The van der Waals surface area contributed by atoms with Gasteiger partial charge in [0.25, 0.3) is 0 Å². The number of nitrogens with one attached hydrogen (secondary N) is 1. The zero-order valence-corrected chi connectivity index (χ0v) is 13.7. The molecule has 0 aliphatic carbocycles. The van der Waals surface area contributed by atoms with Crippen molar-refractivity contribution in [3.8, 4) is 11.5 Å². The minimum Gasteiger partial charge on any atom is -0.486 e. The van der Waals surface area contributed by atoms with Gasteiger partial charge in [-0.25, -0.2) is 13.8 Å². The van der Waals surface area contributed by atoms with Gasteiger partial charge in [0, 0.05) is 0 Å². The number of halogens is 1. The predicted octanol–water partition coefficient (Wildman–Crippen LogP) is 0.996. The van der Waals surface area contributed by atoms with Crippen LogP contribution in [0, 0.1) is 5.92 Å². The minimum atomic E-state index is -3.09. The highest BCUT2D eigenvalue weighted by atomic mass is 35.5. The normalized spacial score (nSPS) is 22.2. The van der Waals surface area contributed by atoms with Gasteiger partial charge in [0.15, 0.2) is 21.3 Å². The van der Waals surface area contributed by atoms with E-state index in [9.17, 15) is 13.2 Å². The summed E-state index contributed by atoms with van der Waals surface area (Å²) in [5.74, 6) is 0.0113. The largest absolute Gasteiger partial charge is 0.486 e. The lowest BCUT2D eigenvalue weighted by Gasteiger charge is -2.19. The van der Waals surface area contributed by atoms with Crippen molar-refractivity contribution < 1.29 is 22.7 Å². The van der Waals surface area contributed by atoms with Crippen molar-refractivity contribution in [1.29, 1.82) is 0 Å². The Bertz CT molecular complexity index is 763. The number of sulfone groups is 1. The number of hydrogen-bond donors (Lipinski definition) is 1. The first-order valence-corrected chi connectivity index (χ1v) is 9.27. The molecule has 1 fully saturated rings. The summed E-state index contributed by atoms with van der Waals surface area (Å²) >= 11 is 6.10. The Labute approximate surface area is 138 Å². The van der Waals surface area contributed by atoms with E-state index in [0.29, 0.717) is 41.7 Å². The van der Waals surface area contributed by atoms with Crippen molar-refractivity contribution >= 4 is 33.6 Å². The van der Waals surface area contributed by atoms with Gasteiger partial charge in [-0.1, -0.05) is 11.6 Å². The Morgan fingerprint density at radius 3 is 2.87 bits per heavy atom. The second kappa shape index (κ2) is 6.37. The Balaban J connectivity index is 1.64. The van der Waals surface area contributed by atoms with Crippen LogP contribution in [0.5, 0.6) is 11.5 Å². The number of nitrogens with zero attached hydrogens (tertiary/aromatic N) is 1. The van der Waals surface area contributed by atoms with Gasteiger partial charge in [-0.2, -0.15) is 5.10 Å². The molecule has 0 saturated carbocycles. The van der Waals surface area contributed by atoms with Crippen LogP contribution in [0.3, 0.4) is 0 Å². The summed E-state index contributed by atoms with van der Waals surface area (Å²) in [7, 11) is -3.09. The third-order valence-electron chi connectivity index (χ3n) is 3.61. The van der Waals surface area contributed by atoms with E-state index in [1.54, 1.807) is 12.1 Å². The smallest absolute Gasteiger partial charge is 0.244 e. The van der Waals surface area contributed by atoms with E-state index < -0.39 is 21.7 Å². The third kappa shape index (κ3) is 3.76. The molecule has 1 amide bonds. The fraction of sp³-hybridized carbons (Fsp3) is 0.429. The average Bonchev–Trinajstić information content (AvgIpc) is 2.87. The fourth-order valence-electron chi connectivity index (χ4n) is 2.47. The SMILES string of the molecule is O=C(N/N=C\c1cc(Cl)c2c(c1)OCCO2)[C@H]1CCS(=O)(=O)C1. The van der Waals surface area contributed by atoms with Crippen molar-refractivity contribution in [3.63, 3.8) is 0 Å². The molecule has 0 bridgehead atoms. The first-order valence-electron chi connectivity index (χ1n) is 7.07. The lowest BCUT2D eigenvalue weighted by Crippen LogP contribution is -2.27. The number of benzene rings is 1. The Morgan fingerprint density at radius 2 is 2.13 bits per heavy atom. The summed E-state index contributed by atoms with van der Waals surface area (Å²) in [5, 5.41) is 4.25. The first kappa shape index (κ1) is 16.1. The molecule has 1 N–H and O–H groups in total. The summed E-state index contributed by atoms with van der Waals surface area (Å²) in [6, 6.07) is 3.35. The highest BCUT2D eigenvalue weighted by molar-refractivity contribution is 7.91. The van der Waals surface area contributed by atoms with E-state index in [2.05, 4.69) is 10.5 Å². The van der Waals surface area contributed by atoms with Crippen LogP contribution >= 0.6 is 11.6 Å². The van der Waals surface area contributed by atoms with Crippen molar-refractivity contribution in [2.45, 2.75) is 6.42 Å². The molecule has 3 rings (SSSR count). The van der Waals surface area contributed by atoms with Crippen LogP contribution < -0.4 is 14.9 Å². The van der Waals surface area contributed by atoms with Gasteiger partial charge in [0.1, 0.15) is 13.2 Å². The van der Waals surface area contributed by atoms with E-state index >= 15 is 0 Å². The molecule has 124 valence electrons. The maximum atomic E-state index is 11.9. The van der Waals surface area contributed by atoms with E-state index in [0.717, 1.165) is 0 Å². The summed E-state index contributed by atoms with van der Waals surface area (Å²) in [6.45, 7) is 0.886. The molecule has 0 radical (unpaired) electrons. The summed E-state index contributed by atoms with van der Waals surface area (Å²) in [5.41, 5.74) is 3.00. The first-order chi connectivity index (χ1) is 10.9. The van der Waals surface area contributed by atoms with Gasteiger partial charge >= 0.3 is 0 Å². The van der Waals surface area contributed by atoms with Crippen molar-refractivity contribution in [1.82, 2.24) is 5.43 Å². The second-order valence-electron chi connectivity index (χ2n) is 5.36. The van der Waals surface area contributed by atoms with Gasteiger partial charge in [-0.05, 0) is 24.1 Å². The van der Waals surface area contributed by atoms with Crippen LogP contribution in [-0.2, 0) is 14.6 Å². The molecule has 2 heterocycles. The van der Waals surface area contributed by atoms with Crippen LogP contribution in [0.4, 0.5) is 0 Å². The number of hydrogen-bond acceptors (Lipinski definition) is 6.